The molecule has 0 amide bonds. The molecular weight excluding hydrogens is 388 g/mol. The van der Waals surface area contributed by atoms with Crippen LogP contribution in [0.15, 0.2) is 18.5 Å². The zero-order valence-electron chi connectivity index (χ0n) is 20.1. The molecule has 4 rings (SSSR count). The van der Waals surface area contributed by atoms with E-state index < -0.39 is 5.60 Å². The zero-order chi connectivity index (χ0) is 22.4. The van der Waals surface area contributed by atoms with Gasteiger partial charge in [-0.25, -0.2) is 0 Å². The predicted octanol–water partition coefficient (Wildman–Crippen LogP) is 4.73. The van der Waals surface area contributed by atoms with E-state index in [-0.39, 0.29) is 17.4 Å². The highest BCUT2D eigenvalue weighted by atomic mass is 16.5. The lowest BCUT2D eigenvalue weighted by molar-refractivity contribution is -0.169. The van der Waals surface area contributed by atoms with Gasteiger partial charge in [0.15, 0.2) is 5.78 Å². The van der Waals surface area contributed by atoms with E-state index in [1.807, 2.05) is 19.2 Å². The average Bonchev–Trinajstić information content (AvgIpc) is 3.24. The molecule has 0 radical (unpaired) electrons. The Morgan fingerprint density at radius 2 is 2.03 bits per heavy atom. The number of nitrogens with zero attached hydrogens (tertiary/aromatic N) is 2. The Kier molecular flexibility index (Phi) is 6.39. The van der Waals surface area contributed by atoms with E-state index >= 15 is 0 Å². The third kappa shape index (κ3) is 4.01. The molecule has 1 N–H and O–H groups in total. The van der Waals surface area contributed by atoms with E-state index in [1.165, 1.54) is 19.3 Å². The second-order valence-corrected chi connectivity index (χ2v) is 11.3. The number of carbonyl (C=O) groups is 1. The summed E-state index contributed by atoms with van der Waals surface area (Å²) in [5.74, 6) is 3.58. The third-order valence-corrected chi connectivity index (χ3v) is 9.89. The van der Waals surface area contributed by atoms with E-state index in [4.69, 9.17) is 4.74 Å². The van der Waals surface area contributed by atoms with Crippen LogP contribution in [-0.2, 0) is 16.1 Å². The van der Waals surface area contributed by atoms with E-state index in [0.29, 0.717) is 41.9 Å². The number of Topliss-reactive ketones (excluding diaryl/α,β-unsaturated/α-hetero) is 1. The van der Waals surface area contributed by atoms with Gasteiger partial charge in [0.1, 0.15) is 0 Å². The molecule has 0 spiro atoms. The van der Waals surface area contributed by atoms with Gasteiger partial charge in [0, 0.05) is 25.4 Å². The first kappa shape index (κ1) is 23.0. The van der Waals surface area contributed by atoms with E-state index in [0.717, 1.165) is 25.7 Å². The van der Waals surface area contributed by atoms with Crippen LogP contribution in [0, 0.1) is 40.9 Å². The summed E-state index contributed by atoms with van der Waals surface area (Å²) in [5, 5.41) is 15.2. The van der Waals surface area contributed by atoms with Gasteiger partial charge in [0.2, 0.25) is 0 Å². The minimum absolute atomic E-state index is 0.0409. The topological polar surface area (TPSA) is 64.3 Å². The first-order chi connectivity index (χ1) is 14.7. The maximum atomic E-state index is 13.2. The lowest BCUT2D eigenvalue weighted by Crippen LogP contribution is -2.56. The van der Waals surface area contributed by atoms with Crippen molar-refractivity contribution in [2.24, 2.45) is 40.9 Å². The predicted molar refractivity (Wildman–Crippen MR) is 121 cm³/mol. The molecule has 3 fully saturated rings. The Morgan fingerprint density at radius 1 is 1.26 bits per heavy atom. The first-order valence-corrected chi connectivity index (χ1v) is 12.5. The van der Waals surface area contributed by atoms with E-state index in [1.54, 1.807) is 18.0 Å². The molecule has 0 bridgehead atoms. The second kappa shape index (κ2) is 8.62. The lowest BCUT2D eigenvalue weighted by atomic mass is 9.46. The highest BCUT2D eigenvalue weighted by Gasteiger charge is 2.56. The molecule has 0 saturated heterocycles. The van der Waals surface area contributed by atoms with Crippen LogP contribution in [0.4, 0.5) is 0 Å². The van der Waals surface area contributed by atoms with Gasteiger partial charge in [0.05, 0.1) is 18.2 Å². The number of rotatable bonds is 6. The van der Waals surface area contributed by atoms with Crippen LogP contribution >= 0.6 is 0 Å². The van der Waals surface area contributed by atoms with Crippen LogP contribution < -0.4 is 0 Å². The standard InChI is InChI=1S/C26H42N2O3/c1-6-22-20-9-8-18-15-26(4,30)24(31-5)14-21(18)19(20)10-11-25(22,3)17(2)23(29)16-28-13-7-12-27-28/h7,12-13,17-22,24,30H,6,8-11,14-16H2,1-5H3/t17-,18-,19+,20-,21+,22+,24+,25-,26+/m1/s1. The Hall–Kier alpha value is -1.20. The van der Waals surface area contributed by atoms with E-state index in [2.05, 4.69) is 25.9 Å². The van der Waals surface area contributed by atoms with Gasteiger partial charge >= 0.3 is 0 Å². The molecule has 174 valence electrons. The number of carbonyl (C=O) groups excluding carboxylic acids is 1. The molecule has 31 heavy (non-hydrogen) atoms. The molecule has 9 atom stereocenters. The summed E-state index contributed by atoms with van der Waals surface area (Å²) in [6.45, 7) is 9.22. The summed E-state index contributed by atoms with van der Waals surface area (Å²) >= 11 is 0. The van der Waals surface area contributed by atoms with Crippen LogP contribution in [-0.4, -0.2) is 39.5 Å². The number of methoxy groups -OCH3 is 1. The van der Waals surface area contributed by atoms with Gasteiger partial charge in [-0.15, -0.1) is 0 Å². The molecular formula is C26H42N2O3. The highest BCUT2D eigenvalue weighted by molar-refractivity contribution is 5.81. The van der Waals surface area contributed by atoms with Gasteiger partial charge < -0.3 is 9.84 Å². The number of ketones is 1. The molecule has 0 aliphatic heterocycles. The molecule has 5 nitrogen and oxygen atoms in total. The van der Waals surface area contributed by atoms with Crippen LogP contribution in [0.3, 0.4) is 0 Å². The van der Waals surface area contributed by atoms with Gasteiger partial charge in [-0.1, -0.05) is 27.2 Å². The van der Waals surface area contributed by atoms with Gasteiger partial charge in [-0.3, -0.25) is 9.48 Å². The molecule has 1 heterocycles. The van der Waals surface area contributed by atoms with Crippen LogP contribution in [0.1, 0.15) is 72.6 Å². The number of fused-ring (bicyclic) bond motifs is 3. The van der Waals surface area contributed by atoms with Gasteiger partial charge in [-0.2, -0.15) is 5.10 Å². The monoisotopic (exact) mass is 430 g/mol. The number of aliphatic hydroxyl groups is 1. The SMILES string of the molecule is CC[C@H]1[C@@H]2CC[C@@H]3C[C@](C)(O)[C@@H](OC)C[C@@H]3[C@H]2CC[C@]1(C)[C@H](C)C(=O)Cn1cccn1. The summed E-state index contributed by atoms with van der Waals surface area (Å²) in [6.07, 6.45) is 11.3. The number of ether oxygens (including phenoxy) is 1. The Morgan fingerprint density at radius 3 is 2.68 bits per heavy atom. The minimum atomic E-state index is -0.705. The molecule has 3 saturated carbocycles. The fourth-order valence-electron chi connectivity index (χ4n) is 8.08. The highest BCUT2D eigenvalue weighted by Crippen LogP contribution is 2.61. The Bertz CT molecular complexity index is 761. The van der Waals surface area contributed by atoms with Crippen molar-refractivity contribution in [1.29, 1.82) is 0 Å². The molecule has 0 aromatic carbocycles. The molecule has 1 aromatic rings. The first-order valence-electron chi connectivity index (χ1n) is 12.5. The Labute approximate surface area is 187 Å². The van der Waals surface area contributed by atoms with Crippen molar-refractivity contribution >= 4 is 5.78 Å². The van der Waals surface area contributed by atoms with Crippen molar-refractivity contribution in [3.8, 4) is 0 Å². The smallest absolute Gasteiger partial charge is 0.157 e. The minimum Gasteiger partial charge on any atom is -0.387 e. The van der Waals surface area contributed by atoms with Crippen molar-refractivity contribution in [1.82, 2.24) is 9.78 Å². The zero-order valence-corrected chi connectivity index (χ0v) is 20.1. The van der Waals surface area contributed by atoms with Gasteiger partial charge in [-0.05, 0) is 86.5 Å². The summed E-state index contributed by atoms with van der Waals surface area (Å²) < 4.78 is 7.51. The maximum absolute atomic E-state index is 13.2. The van der Waals surface area contributed by atoms with Crippen LogP contribution in [0.5, 0.6) is 0 Å². The summed E-state index contributed by atoms with van der Waals surface area (Å²) in [7, 11) is 1.75. The number of aromatic nitrogens is 2. The molecule has 0 unspecified atom stereocenters. The van der Waals surface area contributed by atoms with Crippen molar-refractivity contribution in [2.75, 3.05) is 7.11 Å². The number of hydrogen-bond donors (Lipinski definition) is 1. The summed E-state index contributed by atoms with van der Waals surface area (Å²) in [4.78, 5) is 13.2. The summed E-state index contributed by atoms with van der Waals surface area (Å²) in [6, 6.07) is 1.88. The van der Waals surface area contributed by atoms with Crippen LogP contribution in [0.25, 0.3) is 0 Å². The second-order valence-electron chi connectivity index (χ2n) is 11.3. The average molecular weight is 431 g/mol. The largest absolute Gasteiger partial charge is 0.387 e. The van der Waals surface area contributed by atoms with Crippen molar-refractivity contribution < 1.29 is 14.6 Å². The molecule has 1 aromatic heterocycles. The van der Waals surface area contributed by atoms with Crippen molar-refractivity contribution in [3.63, 3.8) is 0 Å². The quantitative estimate of drug-likeness (QED) is 0.708. The fraction of sp³-hybridized carbons (Fsp3) is 0.846. The van der Waals surface area contributed by atoms with Crippen molar-refractivity contribution in [3.05, 3.63) is 18.5 Å². The fourth-order valence-corrected chi connectivity index (χ4v) is 8.08. The maximum Gasteiger partial charge on any atom is 0.157 e. The number of hydrogen-bond acceptors (Lipinski definition) is 4. The summed E-state index contributed by atoms with van der Waals surface area (Å²) in [5.41, 5.74) is -0.655. The molecule has 3 aliphatic rings. The third-order valence-electron chi connectivity index (χ3n) is 9.89. The van der Waals surface area contributed by atoms with Gasteiger partial charge in [0.25, 0.3) is 0 Å². The molecule has 3 aliphatic carbocycles. The van der Waals surface area contributed by atoms with Crippen molar-refractivity contribution in [2.45, 2.75) is 90.9 Å². The van der Waals surface area contributed by atoms with E-state index in [9.17, 15) is 9.90 Å². The normalized spacial score (nSPS) is 43.7. The Balaban J connectivity index is 1.52. The molecule has 5 heteroatoms. The van der Waals surface area contributed by atoms with Crippen LogP contribution in [0.2, 0.25) is 0 Å². The lowest BCUT2D eigenvalue weighted by Gasteiger charge is -2.59.